The number of amides is 3. The molecule has 0 spiro atoms. The zero-order valence-corrected chi connectivity index (χ0v) is 20.5. The maximum Gasteiger partial charge on any atom is 0.243 e. The van der Waals surface area contributed by atoms with Crippen LogP contribution in [0.4, 0.5) is 4.39 Å². The summed E-state index contributed by atoms with van der Waals surface area (Å²) >= 11 is 0. The van der Waals surface area contributed by atoms with Gasteiger partial charge in [0, 0.05) is 19.4 Å². The molecule has 2 aliphatic rings. The molecule has 0 saturated carbocycles. The molecule has 0 aliphatic carbocycles. The van der Waals surface area contributed by atoms with Crippen LogP contribution in [0.3, 0.4) is 0 Å². The van der Waals surface area contributed by atoms with Gasteiger partial charge in [0.15, 0.2) is 0 Å². The monoisotopic (exact) mass is 479 g/mol. The molecule has 2 aliphatic heterocycles. The van der Waals surface area contributed by atoms with Crippen molar-refractivity contribution in [2.24, 2.45) is 0 Å². The molecule has 2 saturated heterocycles. The van der Waals surface area contributed by atoms with E-state index in [9.17, 15) is 18.8 Å². The smallest absolute Gasteiger partial charge is 0.243 e. The number of alkyl halides is 1. The molecule has 0 radical (unpaired) electrons. The van der Waals surface area contributed by atoms with Crippen molar-refractivity contribution in [1.82, 2.24) is 15.1 Å². The predicted molar refractivity (Wildman–Crippen MR) is 132 cm³/mol. The number of likely N-dealkylation sites (tertiary alicyclic amines) is 2. The summed E-state index contributed by atoms with van der Waals surface area (Å²) < 4.78 is 14.4. The number of hydrogen-bond donors (Lipinski definition) is 1. The average molecular weight is 480 g/mol. The lowest BCUT2D eigenvalue weighted by molar-refractivity contribution is -0.144. The standard InChI is InChI=1S/C28H34FN3O3/c1-19(2)20-11-13-22(14-12-20)27(21-8-4-3-5-9-21)30-28(35)24-16-23(29)17-32(24)26(34)18-31-15-7-6-10-25(31)33/h3-5,8-9,11-14,19,23-24,27H,6-7,10,15-18H2,1-2H3,(H,30,35)/t23-,24+,27+/m1/s1. The van der Waals surface area contributed by atoms with Crippen LogP contribution in [-0.2, 0) is 14.4 Å². The Labute approximate surface area is 206 Å². The lowest BCUT2D eigenvalue weighted by Gasteiger charge is -2.31. The van der Waals surface area contributed by atoms with Gasteiger partial charge in [0.25, 0.3) is 0 Å². The van der Waals surface area contributed by atoms with Crippen molar-refractivity contribution in [3.8, 4) is 0 Å². The summed E-state index contributed by atoms with van der Waals surface area (Å²) in [7, 11) is 0. The first-order chi connectivity index (χ1) is 16.8. The number of rotatable bonds is 7. The second kappa shape index (κ2) is 11.0. The first-order valence-electron chi connectivity index (χ1n) is 12.5. The second-order valence-corrected chi connectivity index (χ2v) is 9.84. The van der Waals surface area contributed by atoms with Crippen molar-refractivity contribution >= 4 is 17.7 Å². The Morgan fingerprint density at radius 2 is 1.66 bits per heavy atom. The van der Waals surface area contributed by atoms with Crippen LogP contribution in [-0.4, -0.2) is 59.4 Å². The first kappa shape index (κ1) is 24.9. The van der Waals surface area contributed by atoms with E-state index >= 15 is 0 Å². The third kappa shape index (κ3) is 5.89. The molecule has 2 fully saturated rings. The summed E-state index contributed by atoms with van der Waals surface area (Å²) in [6.07, 6.45) is 0.788. The number of nitrogens with zero attached hydrogens (tertiary/aromatic N) is 2. The molecule has 7 heteroatoms. The maximum atomic E-state index is 14.4. The van der Waals surface area contributed by atoms with Crippen LogP contribution in [0.2, 0.25) is 0 Å². The lowest BCUT2D eigenvalue weighted by Crippen LogP contribution is -2.51. The minimum absolute atomic E-state index is 0.0423. The SMILES string of the molecule is CC(C)c1ccc([C@@H](NC(=O)[C@@H]2C[C@@H](F)CN2C(=O)CN2CCCCC2=O)c2ccccc2)cc1. The van der Waals surface area contributed by atoms with E-state index in [0.717, 1.165) is 24.0 Å². The molecule has 3 atom stereocenters. The summed E-state index contributed by atoms with van der Waals surface area (Å²) in [6.45, 7) is 4.55. The van der Waals surface area contributed by atoms with Crippen molar-refractivity contribution in [3.05, 3.63) is 71.3 Å². The molecule has 6 nitrogen and oxygen atoms in total. The van der Waals surface area contributed by atoms with E-state index in [1.807, 2.05) is 42.5 Å². The quantitative estimate of drug-likeness (QED) is 0.654. The Balaban J connectivity index is 1.52. The van der Waals surface area contributed by atoms with Crippen LogP contribution in [0.5, 0.6) is 0 Å². The minimum atomic E-state index is -1.27. The lowest BCUT2D eigenvalue weighted by atomic mass is 9.95. The van der Waals surface area contributed by atoms with Crippen molar-refractivity contribution in [2.75, 3.05) is 19.6 Å². The van der Waals surface area contributed by atoms with Crippen LogP contribution in [0.1, 0.15) is 68.2 Å². The van der Waals surface area contributed by atoms with Gasteiger partial charge in [-0.1, -0.05) is 68.4 Å². The van der Waals surface area contributed by atoms with Gasteiger partial charge in [0.2, 0.25) is 17.7 Å². The molecular formula is C28H34FN3O3. The molecule has 1 N–H and O–H groups in total. The molecule has 2 aromatic carbocycles. The van der Waals surface area contributed by atoms with Crippen LogP contribution < -0.4 is 5.32 Å². The van der Waals surface area contributed by atoms with Gasteiger partial charge in [-0.05, 0) is 35.4 Å². The maximum absolute atomic E-state index is 14.4. The molecule has 2 aromatic rings. The zero-order chi connectivity index (χ0) is 24.9. The Morgan fingerprint density at radius 1 is 1.00 bits per heavy atom. The summed E-state index contributed by atoms with van der Waals surface area (Å²) in [5.74, 6) is -0.431. The Morgan fingerprint density at radius 3 is 2.31 bits per heavy atom. The van der Waals surface area contributed by atoms with Gasteiger partial charge in [-0.25, -0.2) is 4.39 Å². The topological polar surface area (TPSA) is 69.7 Å². The number of carbonyl (C=O) groups is 3. The summed E-state index contributed by atoms with van der Waals surface area (Å²) in [5.41, 5.74) is 3.03. The number of carbonyl (C=O) groups excluding carboxylic acids is 3. The van der Waals surface area contributed by atoms with Gasteiger partial charge < -0.3 is 15.1 Å². The molecule has 0 aromatic heterocycles. The van der Waals surface area contributed by atoms with Crippen LogP contribution in [0.25, 0.3) is 0 Å². The summed E-state index contributed by atoms with van der Waals surface area (Å²) in [5, 5.41) is 3.08. The highest BCUT2D eigenvalue weighted by Gasteiger charge is 2.41. The fourth-order valence-corrected chi connectivity index (χ4v) is 4.91. The Hall–Kier alpha value is -3.22. The van der Waals surface area contributed by atoms with E-state index in [4.69, 9.17) is 0 Å². The molecule has 186 valence electrons. The summed E-state index contributed by atoms with van der Waals surface area (Å²) in [4.78, 5) is 41.5. The third-order valence-corrected chi connectivity index (χ3v) is 6.98. The first-order valence-corrected chi connectivity index (χ1v) is 12.5. The molecule has 0 unspecified atom stereocenters. The van der Waals surface area contributed by atoms with Gasteiger partial charge in [-0.15, -0.1) is 0 Å². The molecule has 2 heterocycles. The normalized spacial score (nSPS) is 21.3. The van der Waals surface area contributed by atoms with Crippen molar-refractivity contribution in [1.29, 1.82) is 0 Å². The number of hydrogen-bond acceptors (Lipinski definition) is 3. The highest BCUT2D eigenvalue weighted by Crippen LogP contribution is 2.27. The number of halogens is 1. The van der Waals surface area contributed by atoms with Crippen LogP contribution >= 0.6 is 0 Å². The van der Waals surface area contributed by atoms with E-state index in [0.29, 0.717) is 18.9 Å². The van der Waals surface area contributed by atoms with Gasteiger partial charge in [0.05, 0.1) is 19.1 Å². The van der Waals surface area contributed by atoms with Gasteiger partial charge in [-0.2, -0.15) is 0 Å². The molecular weight excluding hydrogens is 445 g/mol. The van der Waals surface area contributed by atoms with Crippen molar-refractivity contribution in [3.63, 3.8) is 0 Å². The Bertz CT molecular complexity index is 1040. The number of nitrogens with one attached hydrogen (secondary N) is 1. The van der Waals surface area contributed by atoms with E-state index < -0.39 is 18.3 Å². The van der Waals surface area contributed by atoms with Gasteiger partial charge in [0.1, 0.15) is 12.2 Å². The largest absolute Gasteiger partial charge is 0.343 e. The van der Waals surface area contributed by atoms with Crippen LogP contribution in [0, 0.1) is 0 Å². The molecule has 4 rings (SSSR count). The molecule has 0 bridgehead atoms. The van der Waals surface area contributed by atoms with Crippen molar-refractivity contribution < 1.29 is 18.8 Å². The number of benzene rings is 2. The van der Waals surface area contributed by atoms with E-state index in [-0.39, 0.29) is 37.2 Å². The Kier molecular flexibility index (Phi) is 7.83. The highest BCUT2D eigenvalue weighted by atomic mass is 19.1. The fraction of sp³-hybridized carbons (Fsp3) is 0.464. The van der Waals surface area contributed by atoms with Gasteiger partial charge >= 0.3 is 0 Å². The average Bonchev–Trinajstić information content (AvgIpc) is 3.26. The predicted octanol–water partition coefficient (Wildman–Crippen LogP) is 3.97. The number of piperidine rings is 1. The highest BCUT2D eigenvalue weighted by molar-refractivity contribution is 5.91. The van der Waals surface area contributed by atoms with E-state index in [2.05, 4.69) is 31.3 Å². The molecule has 3 amide bonds. The van der Waals surface area contributed by atoms with Gasteiger partial charge in [-0.3, -0.25) is 14.4 Å². The summed E-state index contributed by atoms with van der Waals surface area (Å²) in [6, 6.07) is 16.4. The second-order valence-electron chi connectivity index (χ2n) is 9.84. The molecule has 35 heavy (non-hydrogen) atoms. The third-order valence-electron chi connectivity index (χ3n) is 6.98. The van der Waals surface area contributed by atoms with E-state index in [1.54, 1.807) is 0 Å². The van der Waals surface area contributed by atoms with E-state index in [1.165, 1.54) is 15.4 Å². The fourth-order valence-electron chi connectivity index (χ4n) is 4.91. The van der Waals surface area contributed by atoms with Crippen molar-refractivity contribution in [2.45, 2.75) is 63.7 Å². The van der Waals surface area contributed by atoms with Crippen LogP contribution in [0.15, 0.2) is 54.6 Å². The zero-order valence-electron chi connectivity index (χ0n) is 20.5. The minimum Gasteiger partial charge on any atom is -0.343 e.